The maximum absolute atomic E-state index is 5.48. The summed E-state index contributed by atoms with van der Waals surface area (Å²) in [5, 5.41) is 5.56. The molecule has 0 amide bonds. The molecule has 0 saturated heterocycles. The van der Waals surface area contributed by atoms with Gasteiger partial charge in [-0.05, 0) is 55.2 Å². The van der Waals surface area contributed by atoms with Gasteiger partial charge < -0.3 is 10.1 Å². The summed E-state index contributed by atoms with van der Waals surface area (Å²) in [5.41, 5.74) is 0. The summed E-state index contributed by atoms with van der Waals surface area (Å²) in [6, 6.07) is 2.17. The summed E-state index contributed by atoms with van der Waals surface area (Å²) in [6.07, 6.45) is 2.68. The first-order valence-corrected chi connectivity index (χ1v) is 7.41. The zero-order chi connectivity index (χ0) is 11.8. The van der Waals surface area contributed by atoms with Crippen molar-refractivity contribution >= 4 is 27.3 Å². The molecule has 1 rings (SSSR count). The van der Waals surface area contributed by atoms with Gasteiger partial charge in [-0.15, -0.1) is 11.3 Å². The molecule has 0 bridgehead atoms. The maximum atomic E-state index is 5.48. The van der Waals surface area contributed by atoms with Gasteiger partial charge in [0.05, 0.1) is 6.10 Å². The van der Waals surface area contributed by atoms with E-state index in [4.69, 9.17) is 4.74 Å². The summed E-state index contributed by atoms with van der Waals surface area (Å²) in [5.74, 6) is 0. The molecule has 0 fully saturated rings. The van der Waals surface area contributed by atoms with E-state index in [-0.39, 0.29) is 0 Å². The van der Waals surface area contributed by atoms with Gasteiger partial charge in [0.1, 0.15) is 0 Å². The topological polar surface area (TPSA) is 21.3 Å². The van der Waals surface area contributed by atoms with Gasteiger partial charge in [0.15, 0.2) is 0 Å². The largest absolute Gasteiger partial charge is 0.379 e. The summed E-state index contributed by atoms with van der Waals surface area (Å²) >= 11 is 5.24. The molecule has 0 aliphatic heterocycles. The molecule has 0 aromatic carbocycles. The summed E-state index contributed by atoms with van der Waals surface area (Å²) in [7, 11) is 0. The Morgan fingerprint density at radius 1 is 1.44 bits per heavy atom. The van der Waals surface area contributed by atoms with Crippen molar-refractivity contribution in [2.45, 2.75) is 39.3 Å². The minimum Gasteiger partial charge on any atom is -0.379 e. The lowest BCUT2D eigenvalue weighted by Gasteiger charge is -2.07. The van der Waals surface area contributed by atoms with Crippen molar-refractivity contribution in [3.05, 3.63) is 20.8 Å². The molecule has 2 nitrogen and oxygen atoms in total. The van der Waals surface area contributed by atoms with Crippen LogP contribution in [-0.2, 0) is 11.3 Å². The molecule has 4 heteroatoms. The van der Waals surface area contributed by atoms with Crippen LogP contribution in [0.15, 0.2) is 15.9 Å². The zero-order valence-electron chi connectivity index (χ0n) is 9.96. The Kier molecular flexibility index (Phi) is 7.28. The molecule has 0 atom stereocenters. The van der Waals surface area contributed by atoms with Gasteiger partial charge in [0.25, 0.3) is 0 Å². The van der Waals surface area contributed by atoms with Gasteiger partial charge in [-0.25, -0.2) is 0 Å². The van der Waals surface area contributed by atoms with Crippen LogP contribution in [0, 0.1) is 0 Å². The molecule has 1 aromatic rings. The number of hydrogen-bond donors (Lipinski definition) is 1. The molecule has 16 heavy (non-hydrogen) atoms. The highest BCUT2D eigenvalue weighted by Gasteiger charge is 1.97. The summed E-state index contributed by atoms with van der Waals surface area (Å²) in [6.45, 7) is 7.07. The van der Waals surface area contributed by atoms with Crippen molar-refractivity contribution in [2.24, 2.45) is 0 Å². The van der Waals surface area contributed by atoms with Crippen LogP contribution < -0.4 is 5.32 Å². The Balaban J connectivity index is 1.92. The van der Waals surface area contributed by atoms with Crippen molar-refractivity contribution < 1.29 is 4.74 Å². The second-order valence-corrected chi connectivity index (χ2v) is 5.95. The lowest BCUT2D eigenvalue weighted by molar-refractivity contribution is 0.0760. The van der Waals surface area contributed by atoms with Crippen LogP contribution in [0.2, 0.25) is 0 Å². The standard InChI is InChI=1S/C12H20BrNOS/c1-10(2)15-6-4-3-5-14-8-12-7-11(13)9-16-12/h7,9-10,14H,3-6,8H2,1-2H3. The van der Waals surface area contributed by atoms with Gasteiger partial charge >= 0.3 is 0 Å². The highest BCUT2D eigenvalue weighted by molar-refractivity contribution is 9.10. The average Bonchev–Trinajstić information content (AvgIpc) is 2.62. The van der Waals surface area contributed by atoms with Crippen LogP contribution in [0.3, 0.4) is 0 Å². The third-order valence-corrected chi connectivity index (χ3v) is 3.82. The van der Waals surface area contributed by atoms with E-state index in [0.29, 0.717) is 6.10 Å². The molecular weight excluding hydrogens is 286 g/mol. The first kappa shape index (κ1) is 14.2. The fraction of sp³-hybridized carbons (Fsp3) is 0.667. The first-order chi connectivity index (χ1) is 7.68. The number of halogens is 1. The minimum absolute atomic E-state index is 0.358. The van der Waals surface area contributed by atoms with E-state index in [1.165, 1.54) is 15.8 Å². The van der Waals surface area contributed by atoms with Crippen LogP contribution >= 0.6 is 27.3 Å². The van der Waals surface area contributed by atoms with Crippen molar-refractivity contribution in [2.75, 3.05) is 13.2 Å². The number of unbranched alkanes of at least 4 members (excludes halogenated alkanes) is 1. The number of rotatable bonds is 8. The Bertz CT molecular complexity index is 288. The van der Waals surface area contributed by atoms with Crippen LogP contribution in [0.4, 0.5) is 0 Å². The fourth-order valence-corrected chi connectivity index (χ4v) is 2.75. The second kappa shape index (κ2) is 8.23. The quantitative estimate of drug-likeness (QED) is 0.738. The SMILES string of the molecule is CC(C)OCCCCNCc1cc(Br)cs1. The van der Waals surface area contributed by atoms with E-state index >= 15 is 0 Å². The predicted octanol–water partition coefficient (Wildman–Crippen LogP) is 3.81. The molecule has 0 aliphatic carbocycles. The lowest BCUT2D eigenvalue weighted by atomic mass is 10.3. The maximum Gasteiger partial charge on any atom is 0.0518 e. The van der Waals surface area contributed by atoms with Gasteiger partial charge in [0, 0.05) is 27.9 Å². The monoisotopic (exact) mass is 305 g/mol. The average molecular weight is 306 g/mol. The van der Waals surface area contributed by atoms with Gasteiger partial charge in [-0.3, -0.25) is 0 Å². The van der Waals surface area contributed by atoms with E-state index in [1.54, 1.807) is 11.3 Å². The number of ether oxygens (including phenoxy) is 1. The normalized spacial score (nSPS) is 11.2. The summed E-state index contributed by atoms with van der Waals surface area (Å²) < 4.78 is 6.66. The Hall–Kier alpha value is 0.1000. The van der Waals surface area contributed by atoms with Crippen LogP contribution in [-0.4, -0.2) is 19.3 Å². The highest BCUT2D eigenvalue weighted by Crippen LogP contribution is 2.19. The van der Waals surface area contributed by atoms with Gasteiger partial charge in [0.2, 0.25) is 0 Å². The summed E-state index contributed by atoms with van der Waals surface area (Å²) in [4.78, 5) is 1.38. The molecule has 1 N–H and O–H groups in total. The zero-order valence-corrected chi connectivity index (χ0v) is 12.4. The highest BCUT2D eigenvalue weighted by atomic mass is 79.9. The molecule has 1 heterocycles. The van der Waals surface area contributed by atoms with Crippen LogP contribution in [0.25, 0.3) is 0 Å². The van der Waals surface area contributed by atoms with E-state index in [1.807, 2.05) is 0 Å². The van der Waals surface area contributed by atoms with Crippen LogP contribution in [0.1, 0.15) is 31.6 Å². The predicted molar refractivity (Wildman–Crippen MR) is 74.0 cm³/mol. The van der Waals surface area contributed by atoms with E-state index in [2.05, 4.69) is 46.5 Å². The van der Waals surface area contributed by atoms with E-state index in [0.717, 1.165) is 26.1 Å². The van der Waals surface area contributed by atoms with Crippen molar-refractivity contribution in [3.8, 4) is 0 Å². The minimum atomic E-state index is 0.358. The van der Waals surface area contributed by atoms with Gasteiger partial charge in [-0.1, -0.05) is 0 Å². The molecule has 0 aliphatic rings. The van der Waals surface area contributed by atoms with Gasteiger partial charge in [-0.2, -0.15) is 0 Å². The van der Waals surface area contributed by atoms with Crippen molar-refractivity contribution in [3.63, 3.8) is 0 Å². The molecule has 0 unspecified atom stereocenters. The molecular formula is C12H20BrNOS. The van der Waals surface area contributed by atoms with E-state index < -0.39 is 0 Å². The Morgan fingerprint density at radius 3 is 2.88 bits per heavy atom. The number of nitrogens with one attached hydrogen (secondary N) is 1. The Labute approximate surface area is 111 Å². The third-order valence-electron chi connectivity index (χ3n) is 2.12. The molecule has 0 radical (unpaired) electrons. The smallest absolute Gasteiger partial charge is 0.0518 e. The second-order valence-electron chi connectivity index (χ2n) is 4.03. The van der Waals surface area contributed by atoms with E-state index in [9.17, 15) is 0 Å². The Morgan fingerprint density at radius 2 is 2.25 bits per heavy atom. The van der Waals surface area contributed by atoms with Crippen molar-refractivity contribution in [1.29, 1.82) is 0 Å². The lowest BCUT2D eigenvalue weighted by Crippen LogP contribution is -2.14. The van der Waals surface area contributed by atoms with Crippen LogP contribution in [0.5, 0.6) is 0 Å². The molecule has 0 saturated carbocycles. The molecule has 92 valence electrons. The number of thiophene rings is 1. The first-order valence-electron chi connectivity index (χ1n) is 5.73. The number of hydrogen-bond acceptors (Lipinski definition) is 3. The fourth-order valence-electron chi connectivity index (χ4n) is 1.33. The third kappa shape index (κ3) is 6.63. The molecule has 1 aromatic heterocycles. The van der Waals surface area contributed by atoms with Crippen molar-refractivity contribution in [1.82, 2.24) is 5.32 Å². The molecule has 0 spiro atoms.